The molecule has 2 heterocycles. The van der Waals surface area contributed by atoms with E-state index in [-0.39, 0.29) is 6.04 Å². The van der Waals surface area contributed by atoms with Gasteiger partial charge in [-0.05, 0) is 17.5 Å². The summed E-state index contributed by atoms with van der Waals surface area (Å²) >= 11 is 0. The van der Waals surface area contributed by atoms with Crippen LogP contribution in [0.15, 0.2) is 67.0 Å². The highest BCUT2D eigenvalue weighted by Crippen LogP contribution is 2.36. The minimum Gasteiger partial charge on any atom is -0.348 e. The van der Waals surface area contributed by atoms with E-state index in [4.69, 9.17) is 1.37 Å². The van der Waals surface area contributed by atoms with Crippen molar-refractivity contribution in [3.05, 3.63) is 78.1 Å². The van der Waals surface area contributed by atoms with Gasteiger partial charge >= 0.3 is 0 Å². The molecule has 2 unspecified atom stereocenters. The summed E-state index contributed by atoms with van der Waals surface area (Å²) in [6.07, 6.45) is 2.10. The van der Waals surface area contributed by atoms with Crippen molar-refractivity contribution in [3.63, 3.8) is 0 Å². The molecule has 0 spiro atoms. The van der Waals surface area contributed by atoms with E-state index in [1.54, 1.807) is 4.68 Å². The van der Waals surface area contributed by atoms with Gasteiger partial charge in [-0.25, -0.2) is 4.68 Å². The monoisotopic (exact) mass is 277 g/mol. The Kier molecular flexibility index (Phi) is 2.67. The number of nitrogens with one attached hydrogen (secondary N) is 1. The van der Waals surface area contributed by atoms with Crippen LogP contribution in [0.5, 0.6) is 0 Å². The Hall–Kier alpha value is -2.62. The lowest BCUT2D eigenvalue weighted by Crippen LogP contribution is -2.28. The Labute approximate surface area is 124 Å². The summed E-state index contributed by atoms with van der Waals surface area (Å²) < 4.78 is 10.7. The second kappa shape index (κ2) is 5.05. The van der Waals surface area contributed by atoms with Gasteiger partial charge in [0.05, 0.1) is 13.4 Å². The first-order valence-corrected chi connectivity index (χ1v) is 7.05. The molecule has 1 aliphatic rings. The molecule has 0 aliphatic carbocycles. The fourth-order valence-electron chi connectivity index (χ4n) is 2.78. The van der Waals surface area contributed by atoms with E-state index in [1.165, 1.54) is 6.33 Å². The molecular formula is C17H16N4. The molecule has 4 heteroatoms. The zero-order valence-electron chi connectivity index (χ0n) is 12.5. The second-order valence-electron chi connectivity index (χ2n) is 5.12. The lowest BCUT2D eigenvalue weighted by Gasteiger charge is -2.31. The first kappa shape index (κ1) is 11.1. The van der Waals surface area contributed by atoms with Crippen molar-refractivity contribution in [1.29, 1.82) is 0 Å². The van der Waals surface area contributed by atoms with Crippen molar-refractivity contribution in [2.45, 2.75) is 18.5 Å². The molecule has 1 N–H and O–H groups in total. The molecule has 104 valence electrons. The van der Waals surface area contributed by atoms with Crippen molar-refractivity contribution < 1.29 is 1.37 Å². The smallest absolute Gasteiger partial charge is 0.222 e. The standard InChI is InChI=1S/C17H16N4/c1-3-7-13(8-4-1)15-11-16(14-9-5-2-6-10-14)21-17(20-15)18-12-19-21/h1-10,12,15-16H,11H2,(H,18,19,20)/i16D. The van der Waals surface area contributed by atoms with Crippen molar-refractivity contribution >= 4 is 5.95 Å². The van der Waals surface area contributed by atoms with Crippen LogP contribution in [0.25, 0.3) is 0 Å². The first-order chi connectivity index (χ1) is 10.8. The zero-order chi connectivity index (χ0) is 15.0. The fraction of sp³-hybridized carbons (Fsp3) is 0.176. The van der Waals surface area contributed by atoms with Crippen LogP contribution < -0.4 is 5.32 Å². The highest BCUT2D eigenvalue weighted by atomic mass is 15.4. The Morgan fingerprint density at radius 1 is 1.00 bits per heavy atom. The van der Waals surface area contributed by atoms with E-state index in [1.807, 2.05) is 48.5 Å². The molecule has 4 nitrogen and oxygen atoms in total. The summed E-state index contributed by atoms with van der Waals surface area (Å²) in [6, 6.07) is 19.1. The number of hydrogen-bond donors (Lipinski definition) is 1. The Morgan fingerprint density at radius 3 is 2.38 bits per heavy atom. The summed E-state index contributed by atoms with van der Waals surface area (Å²) in [4.78, 5) is 4.27. The van der Waals surface area contributed by atoms with E-state index in [0.29, 0.717) is 12.4 Å². The molecular weight excluding hydrogens is 260 g/mol. The van der Waals surface area contributed by atoms with Crippen molar-refractivity contribution in [1.82, 2.24) is 14.8 Å². The predicted octanol–water partition coefficient (Wildman–Crippen LogP) is 3.42. The number of fused-ring (bicyclic) bond motifs is 1. The molecule has 0 amide bonds. The third-order valence-electron chi connectivity index (χ3n) is 3.81. The molecule has 0 saturated carbocycles. The van der Waals surface area contributed by atoms with Crippen molar-refractivity contribution in [2.75, 3.05) is 5.32 Å². The lowest BCUT2D eigenvalue weighted by atomic mass is 9.93. The predicted molar refractivity (Wildman–Crippen MR) is 82.0 cm³/mol. The minimum atomic E-state index is -0.959. The minimum absolute atomic E-state index is 0.0376. The van der Waals surface area contributed by atoms with Crippen LogP contribution in [0.4, 0.5) is 5.95 Å². The van der Waals surface area contributed by atoms with Gasteiger partial charge in [0.2, 0.25) is 5.95 Å². The molecule has 4 rings (SSSR count). The molecule has 1 aromatic heterocycles. The average Bonchev–Trinajstić information content (AvgIpc) is 3.06. The van der Waals surface area contributed by atoms with E-state index < -0.39 is 6.02 Å². The van der Waals surface area contributed by atoms with Crippen LogP contribution in [0.1, 0.15) is 31.0 Å². The van der Waals surface area contributed by atoms with E-state index >= 15 is 0 Å². The van der Waals surface area contributed by atoms with Crippen LogP contribution in [0.2, 0.25) is 0 Å². The van der Waals surface area contributed by atoms with Gasteiger partial charge in [-0.2, -0.15) is 10.1 Å². The number of hydrogen-bond acceptors (Lipinski definition) is 3. The topological polar surface area (TPSA) is 42.7 Å². The summed E-state index contributed by atoms with van der Waals surface area (Å²) in [5.41, 5.74) is 2.08. The van der Waals surface area contributed by atoms with E-state index in [9.17, 15) is 0 Å². The molecule has 0 radical (unpaired) electrons. The number of nitrogens with zero attached hydrogens (tertiary/aromatic N) is 3. The molecule has 3 aromatic rings. The molecule has 0 saturated heterocycles. The number of rotatable bonds is 2. The molecule has 21 heavy (non-hydrogen) atoms. The van der Waals surface area contributed by atoms with Gasteiger partial charge in [0.25, 0.3) is 0 Å². The molecule has 0 bridgehead atoms. The fourth-order valence-corrected chi connectivity index (χ4v) is 2.78. The third kappa shape index (κ3) is 2.18. The Balaban J connectivity index is 1.82. The third-order valence-corrected chi connectivity index (χ3v) is 3.81. The van der Waals surface area contributed by atoms with Gasteiger partial charge < -0.3 is 5.32 Å². The van der Waals surface area contributed by atoms with Gasteiger partial charge in [-0.15, -0.1) is 0 Å². The maximum absolute atomic E-state index is 9.06. The highest BCUT2D eigenvalue weighted by molar-refractivity contribution is 5.37. The molecule has 0 fully saturated rings. The molecule has 1 aliphatic heterocycles. The van der Waals surface area contributed by atoms with Crippen LogP contribution in [0, 0.1) is 0 Å². The van der Waals surface area contributed by atoms with Gasteiger partial charge in [0.1, 0.15) is 6.33 Å². The van der Waals surface area contributed by atoms with Crippen molar-refractivity contribution in [2.24, 2.45) is 0 Å². The van der Waals surface area contributed by atoms with Crippen LogP contribution >= 0.6 is 0 Å². The summed E-state index contributed by atoms with van der Waals surface area (Å²) in [7, 11) is 0. The van der Waals surface area contributed by atoms with Crippen LogP contribution in [0.3, 0.4) is 0 Å². The summed E-state index contributed by atoms with van der Waals surface area (Å²) in [5, 5.41) is 7.66. The number of benzene rings is 2. The number of aromatic nitrogens is 3. The van der Waals surface area contributed by atoms with Crippen molar-refractivity contribution in [3.8, 4) is 0 Å². The summed E-state index contributed by atoms with van der Waals surface area (Å²) in [6.45, 7) is 0. The second-order valence-corrected chi connectivity index (χ2v) is 5.12. The largest absolute Gasteiger partial charge is 0.348 e. The quantitative estimate of drug-likeness (QED) is 0.780. The van der Waals surface area contributed by atoms with Gasteiger partial charge in [0, 0.05) is 0 Å². The van der Waals surface area contributed by atoms with Gasteiger partial charge in [-0.3, -0.25) is 0 Å². The number of anilines is 1. The van der Waals surface area contributed by atoms with Gasteiger partial charge in [-0.1, -0.05) is 60.7 Å². The maximum Gasteiger partial charge on any atom is 0.222 e. The maximum atomic E-state index is 9.06. The summed E-state index contributed by atoms with van der Waals surface area (Å²) in [5.74, 6) is 0.638. The Bertz CT molecular complexity index is 772. The van der Waals surface area contributed by atoms with E-state index in [2.05, 4.69) is 27.5 Å². The first-order valence-electron chi connectivity index (χ1n) is 7.55. The lowest BCUT2D eigenvalue weighted by molar-refractivity contribution is 0.431. The van der Waals surface area contributed by atoms with Crippen LogP contribution in [-0.2, 0) is 0 Å². The Morgan fingerprint density at radius 2 is 1.67 bits per heavy atom. The molecule has 2 aromatic carbocycles. The highest BCUT2D eigenvalue weighted by Gasteiger charge is 2.29. The zero-order valence-corrected chi connectivity index (χ0v) is 11.5. The van der Waals surface area contributed by atoms with E-state index in [0.717, 1.165) is 11.1 Å². The normalized spacial score (nSPS) is 24.8. The SMILES string of the molecule is [2H]C1(c2ccccc2)CC(c2ccccc2)Nc2ncnn21. The van der Waals surface area contributed by atoms with Gasteiger partial charge in [0.15, 0.2) is 0 Å². The average molecular weight is 277 g/mol. The van der Waals surface area contributed by atoms with Crippen LogP contribution in [-0.4, -0.2) is 14.8 Å². The molecule has 2 atom stereocenters.